The van der Waals surface area contributed by atoms with Gasteiger partial charge in [-0.1, -0.05) is 218 Å². The van der Waals surface area contributed by atoms with Crippen LogP contribution < -0.4 is 5.32 Å². The van der Waals surface area contributed by atoms with Crippen LogP contribution in [-0.2, 0) is 4.79 Å². The fraction of sp³-hybridized carbons (Fsp3) is 0.886. The molecule has 0 radical (unpaired) electrons. The summed E-state index contributed by atoms with van der Waals surface area (Å²) in [5.41, 5.74) is 0. The summed E-state index contributed by atoms with van der Waals surface area (Å²) in [6, 6.07) is -0.634. The first-order chi connectivity index (χ1) is 23.7. The molecule has 3 N–H and O–H groups in total. The lowest BCUT2D eigenvalue weighted by atomic mass is 10.0. The van der Waals surface area contributed by atoms with E-state index in [0.717, 1.165) is 32.1 Å². The summed E-state index contributed by atoms with van der Waals surface area (Å²) < 4.78 is 0. The summed E-state index contributed by atoms with van der Waals surface area (Å²) >= 11 is 0. The van der Waals surface area contributed by atoms with E-state index in [-0.39, 0.29) is 12.5 Å². The van der Waals surface area contributed by atoms with Crippen LogP contribution in [0.2, 0.25) is 0 Å². The molecule has 4 nitrogen and oxygen atoms in total. The molecule has 0 aliphatic carbocycles. The van der Waals surface area contributed by atoms with E-state index in [1.54, 1.807) is 6.08 Å². The highest BCUT2D eigenvalue weighted by Crippen LogP contribution is 2.16. The molecule has 1 amide bonds. The van der Waals surface area contributed by atoms with Crippen molar-refractivity contribution in [1.29, 1.82) is 0 Å². The third-order valence-corrected chi connectivity index (χ3v) is 9.94. The normalized spacial score (nSPS) is 13.2. The van der Waals surface area contributed by atoms with Gasteiger partial charge in [0.15, 0.2) is 0 Å². The van der Waals surface area contributed by atoms with Crippen LogP contribution in [-0.4, -0.2) is 34.9 Å². The van der Waals surface area contributed by atoms with Gasteiger partial charge >= 0.3 is 0 Å². The minimum atomic E-state index is -0.857. The number of aliphatic hydroxyl groups is 2. The van der Waals surface area contributed by atoms with Crippen LogP contribution in [0.4, 0.5) is 0 Å². The van der Waals surface area contributed by atoms with Crippen molar-refractivity contribution in [3.8, 4) is 0 Å². The van der Waals surface area contributed by atoms with E-state index >= 15 is 0 Å². The van der Waals surface area contributed by atoms with Crippen molar-refractivity contribution >= 4 is 5.91 Å². The summed E-state index contributed by atoms with van der Waals surface area (Å²) in [4.78, 5) is 12.4. The van der Waals surface area contributed by atoms with E-state index in [2.05, 4.69) is 31.3 Å². The van der Waals surface area contributed by atoms with Crippen LogP contribution >= 0.6 is 0 Å². The quantitative estimate of drug-likeness (QED) is 0.0448. The second kappa shape index (κ2) is 40.3. The number of allylic oxidation sites excluding steroid dienone is 3. The smallest absolute Gasteiger partial charge is 0.220 e. The van der Waals surface area contributed by atoms with E-state index in [4.69, 9.17) is 0 Å². The largest absolute Gasteiger partial charge is 0.394 e. The minimum absolute atomic E-state index is 0.0705. The van der Waals surface area contributed by atoms with E-state index in [9.17, 15) is 15.0 Å². The van der Waals surface area contributed by atoms with Crippen molar-refractivity contribution in [3.05, 3.63) is 24.3 Å². The molecule has 0 unspecified atom stereocenters. The van der Waals surface area contributed by atoms with Crippen molar-refractivity contribution in [2.45, 2.75) is 244 Å². The Kier molecular flexibility index (Phi) is 39.4. The fourth-order valence-electron chi connectivity index (χ4n) is 6.61. The molecule has 0 aromatic heterocycles. The molecule has 0 rings (SSSR count). The van der Waals surface area contributed by atoms with E-state index in [1.807, 2.05) is 6.08 Å². The number of amides is 1. The van der Waals surface area contributed by atoms with Crippen molar-refractivity contribution in [2.75, 3.05) is 6.61 Å². The zero-order valence-electron chi connectivity index (χ0n) is 32.5. The maximum Gasteiger partial charge on any atom is 0.220 e. The summed E-state index contributed by atoms with van der Waals surface area (Å²) in [7, 11) is 0. The molecular formula is C44H85NO3. The van der Waals surface area contributed by atoms with Gasteiger partial charge in [0.1, 0.15) is 0 Å². The third-order valence-electron chi connectivity index (χ3n) is 9.94. The van der Waals surface area contributed by atoms with Gasteiger partial charge in [-0.2, -0.15) is 0 Å². The van der Waals surface area contributed by atoms with Crippen molar-refractivity contribution < 1.29 is 15.0 Å². The standard InChI is InChI=1S/C44H85NO3/c1-3-5-7-9-11-13-15-17-19-21-22-23-24-26-28-30-32-34-36-38-40-44(48)45-42(41-46)43(47)39-37-35-33-31-29-27-25-20-18-16-14-12-10-8-6-4-2/h29,31,37,39,42-43,46-47H,3-28,30,32-36,38,40-41H2,1-2H3,(H,45,48)/b31-29+,39-37+/t42-,43+/m0/s1. The van der Waals surface area contributed by atoms with Crippen molar-refractivity contribution in [1.82, 2.24) is 5.32 Å². The van der Waals surface area contributed by atoms with Crippen molar-refractivity contribution in [3.63, 3.8) is 0 Å². The van der Waals surface area contributed by atoms with E-state index in [0.29, 0.717) is 6.42 Å². The Balaban J connectivity index is 3.57. The number of unbranched alkanes of at least 4 members (excludes halogenated alkanes) is 30. The van der Waals surface area contributed by atoms with Crippen LogP contribution in [0.25, 0.3) is 0 Å². The van der Waals surface area contributed by atoms with Gasteiger partial charge in [-0.15, -0.1) is 0 Å². The number of carbonyl (C=O) groups is 1. The molecule has 4 heteroatoms. The Morgan fingerprint density at radius 3 is 1.21 bits per heavy atom. The zero-order chi connectivity index (χ0) is 35.0. The Morgan fingerprint density at radius 2 is 0.812 bits per heavy atom. The minimum Gasteiger partial charge on any atom is -0.394 e. The molecular weight excluding hydrogens is 590 g/mol. The summed E-state index contributed by atoms with van der Waals surface area (Å²) in [5, 5.41) is 23.0. The number of hydrogen-bond acceptors (Lipinski definition) is 3. The zero-order valence-corrected chi connectivity index (χ0v) is 32.5. The van der Waals surface area contributed by atoms with E-state index in [1.165, 1.54) is 180 Å². The summed E-state index contributed by atoms with van der Waals surface area (Å²) in [5.74, 6) is -0.0705. The van der Waals surface area contributed by atoms with E-state index < -0.39 is 12.1 Å². The molecule has 0 heterocycles. The first kappa shape index (κ1) is 46.9. The van der Waals surface area contributed by atoms with Crippen LogP contribution in [0.5, 0.6) is 0 Å². The Labute approximate surface area is 300 Å². The average molecular weight is 676 g/mol. The second-order valence-corrected chi connectivity index (χ2v) is 14.8. The van der Waals surface area contributed by atoms with Gasteiger partial charge in [0, 0.05) is 6.42 Å². The highest BCUT2D eigenvalue weighted by atomic mass is 16.3. The summed E-state index contributed by atoms with van der Waals surface area (Å²) in [6.45, 7) is 4.31. The lowest BCUT2D eigenvalue weighted by Gasteiger charge is -2.19. The molecule has 0 fully saturated rings. The van der Waals surface area contributed by atoms with Gasteiger partial charge in [0.2, 0.25) is 5.91 Å². The SMILES string of the molecule is CCCCCCCCCCCC/C=C/CC/C=C/[C@@H](O)[C@H](CO)NC(=O)CCCCCCCCCCCCCCCCCCCCCC. The van der Waals surface area contributed by atoms with Gasteiger partial charge in [-0.3, -0.25) is 4.79 Å². The highest BCUT2D eigenvalue weighted by Gasteiger charge is 2.17. The van der Waals surface area contributed by atoms with Gasteiger partial charge in [-0.05, 0) is 32.1 Å². The topological polar surface area (TPSA) is 69.6 Å². The van der Waals surface area contributed by atoms with Crippen molar-refractivity contribution in [2.24, 2.45) is 0 Å². The fourth-order valence-corrected chi connectivity index (χ4v) is 6.61. The van der Waals surface area contributed by atoms with Crippen LogP contribution in [0.1, 0.15) is 232 Å². The average Bonchev–Trinajstić information content (AvgIpc) is 3.09. The molecule has 0 saturated heterocycles. The number of aliphatic hydroxyl groups excluding tert-OH is 2. The molecule has 0 aromatic rings. The number of carbonyl (C=O) groups excluding carboxylic acids is 1. The molecule has 0 saturated carbocycles. The van der Waals surface area contributed by atoms with Gasteiger partial charge < -0.3 is 15.5 Å². The molecule has 2 atom stereocenters. The first-order valence-electron chi connectivity index (χ1n) is 21.6. The van der Waals surface area contributed by atoms with Crippen LogP contribution in [0, 0.1) is 0 Å². The highest BCUT2D eigenvalue weighted by molar-refractivity contribution is 5.76. The van der Waals surface area contributed by atoms with Gasteiger partial charge in [0.25, 0.3) is 0 Å². The Bertz CT molecular complexity index is 691. The number of nitrogens with one attached hydrogen (secondary N) is 1. The molecule has 0 aromatic carbocycles. The second-order valence-electron chi connectivity index (χ2n) is 14.8. The Hall–Kier alpha value is -1.13. The lowest BCUT2D eigenvalue weighted by molar-refractivity contribution is -0.123. The Morgan fingerprint density at radius 1 is 0.479 bits per heavy atom. The van der Waals surface area contributed by atoms with Gasteiger partial charge in [-0.25, -0.2) is 0 Å². The maximum atomic E-state index is 12.4. The molecule has 0 aliphatic heterocycles. The summed E-state index contributed by atoms with van der Waals surface area (Å²) in [6.07, 6.45) is 51.4. The number of rotatable bonds is 39. The molecule has 0 spiro atoms. The monoisotopic (exact) mass is 676 g/mol. The molecule has 284 valence electrons. The predicted molar refractivity (Wildman–Crippen MR) is 212 cm³/mol. The maximum absolute atomic E-state index is 12.4. The van der Waals surface area contributed by atoms with Crippen LogP contribution in [0.15, 0.2) is 24.3 Å². The van der Waals surface area contributed by atoms with Crippen LogP contribution in [0.3, 0.4) is 0 Å². The molecule has 0 bridgehead atoms. The first-order valence-corrected chi connectivity index (χ1v) is 21.6. The van der Waals surface area contributed by atoms with Gasteiger partial charge in [0.05, 0.1) is 18.8 Å². The lowest BCUT2D eigenvalue weighted by Crippen LogP contribution is -2.45. The predicted octanol–water partition coefficient (Wildman–Crippen LogP) is 13.2. The number of hydrogen-bond donors (Lipinski definition) is 3. The molecule has 48 heavy (non-hydrogen) atoms. The molecule has 0 aliphatic rings. The third kappa shape index (κ3) is 36.2.